The Bertz CT molecular complexity index is 521. The molecule has 1 N–H and O–H groups in total. The van der Waals surface area contributed by atoms with Gasteiger partial charge < -0.3 is 10.1 Å². The third-order valence-electron chi connectivity index (χ3n) is 3.07. The van der Waals surface area contributed by atoms with Gasteiger partial charge in [-0.2, -0.15) is 0 Å². The molecule has 0 aromatic heterocycles. The molecule has 0 aliphatic carbocycles. The number of hydrogen-bond acceptors (Lipinski definition) is 2. The van der Waals surface area contributed by atoms with Crippen LogP contribution >= 0.6 is 11.6 Å². The molecule has 0 saturated carbocycles. The van der Waals surface area contributed by atoms with Gasteiger partial charge in [-0.3, -0.25) is 0 Å². The zero-order valence-corrected chi connectivity index (χ0v) is 11.9. The van der Waals surface area contributed by atoms with Crippen LogP contribution in [0.3, 0.4) is 0 Å². The van der Waals surface area contributed by atoms with E-state index in [0.717, 1.165) is 17.9 Å². The highest BCUT2D eigenvalue weighted by atomic mass is 35.5. The molecule has 0 aliphatic heterocycles. The van der Waals surface area contributed by atoms with Crippen molar-refractivity contribution in [1.29, 1.82) is 0 Å². The minimum atomic E-state index is 0.389. The molecule has 0 heterocycles. The minimum Gasteiger partial charge on any atom is -0.457 e. The van der Waals surface area contributed by atoms with E-state index in [1.165, 1.54) is 5.56 Å². The van der Waals surface area contributed by atoms with Crippen LogP contribution in [-0.2, 0) is 0 Å². The standard InChI is InChI=1S/C16H18ClNO/c1-3-16(18-2)12-7-9-14(10-8-12)19-15-6-4-5-13(17)11-15/h4-11,16,18H,3H2,1-2H3. The van der Waals surface area contributed by atoms with E-state index in [1.54, 1.807) is 6.07 Å². The van der Waals surface area contributed by atoms with Gasteiger partial charge in [0.05, 0.1) is 0 Å². The number of rotatable bonds is 5. The molecule has 0 spiro atoms. The van der Waals surface area contributed by atoms with Gasteiger partial charge in [0.25, 0.3) is 0 Å². The Labute approximate surface area is 119 Å². The molecule has 1 unspecified atom stereocenters. The number of benzene rings is 2. The lowest BCUT2D eigenvalue weighted by molar-refractivity contribution is 0.481. The van der Waals surface area contributed by atoms with Gasteiger partial charge in [-0.05, 0) is 49.4 Å². The molecule has 0 aliphatic rings. The fraction of sp³-hybridized carbons (Fsp3) is 0.250. The van der Waals surface area contributed by atoms with Gasteiger partial charge in [-0.15, -0.1) is 0 Å². The first-order valence-corrected chi connectivity index (χ1v) is 6.81. The maximum absolute atomic E-state index is 5.93. The van der Waals surface area contributed by atoms with Crippen LogP contribution in [-0.4, -0.2) is 7.05 Å². The third-order valence-corrected chi connectivity index (χ3v) is 3.31. The molecule has 0 radical (unpaired) electrons. The van der Waals surface area contributed by atoms with E-state index < -0.39 is 0 Å². The fourth-order valence-corrected chi connectivity index (χ4v) is 2.22. The average molecular weight is 276 g/mol. The minimum absolute atomic E-state index is 0.389. The molecule has 2 rings (SSSR count). The van der Waals surface area contributed by atoms with Crippen LogP contribution in [0.4, 0.5) is 0 Å². The lowest BCUT2D eigenvalue weighted by atomic mass is 10.0. The SMILES string of the molecule is CCC(NC)c1ccc(Oc2cccc(Cl)c2)cc1. The second kappa shape index (κ2) is 6.60. The van der Waals surface area contributed by atoms with Crippen molar-refractivity contribution in [1.82, 2.24) is 5.32 Å². The van der Waals surface area contributed by atoms with E-state index in [1.807, 2.05) is 37.4 Å². The summed E-state index contributed by atoms with van der Waals surface area (Å²) in [6.45, 7) is 2.16. The molecule has 2 aromatic rings. The van der Waals surface area contributed by atoms with Gasteiger partial charge in [0.15, 0.2) is 0 Å². The zero-order valence-electron chi connectivity index (χ0n) is 11.2. The van der Waals surface area contributed by atoms with Crippen molar-refractivity contribution in [3.05, 3.63) is 59.1 Å². The van der Waals surface area contributed by atoms with Crippen LogP contribution in [0, 0.1) is 0 Å². The van der Waals surface area contributed by atoms with E-state index >= 15 is 0 Å². The first kappa shape index (κ1) is 13.9. The topological polar surface area (TPSA) is 21.3 Å². The molecule has 1 atom stereocenters. The fourth-order valence-electron chi connectivity index (χ4n) is 2.04. The highest BCUT2D eigenvalue weighted by molar-refractivity contribution is 6.30. The lowest BCUT2D eigenvalue weighted by Gasteiger charge is -2.14. The summed E-state index contributed by atoms with van der Waals surface area (Å²) in [5.41, 5.74) is 1.27. The zero-order chi connectivity index (χ0) is 13.7. The van der Waals surface area contributed by atoms with Crippen molar-refractivity contribution in [3.8, 4) is 11.5 Å². The van der Waals surface area contributed by atoms with Crippen LogP contribution < -0.4 is 10.1 Å². The molecular weight excluding hydrogens is 258 g/mol. The maximum atomic E-state index is 5.93. The van der Waals surface area contributed by atoms with Crippen LogP contribution in [0.25, 0.3) is 0 Å². The Hall–Kier alpha value is -1.51. The summed E-state index contributed by atoms with van der Waals surface area (Å²) in [7, 11) is 1.98. The molecule has 100 valence electrons. The summed E-state index contributed by atoms with van der Waals surface area (Å²) in [5, 5.41) is 3.96. The molecule has 2 aromatic carbocycles. The van der Waals surface area contributed by atoms with Crippen molar-refractivity contribution < 1.29 is 4.74 Å². The summed E-state index contributed by atoms with van der Waals surface area (Å²) in [5.74, 6) is 1.57. The van der Waals surface area contributed by atoms with Crippen molar-refractivity contribution in [2.45, 2.75) is 19.4 Å². The van der Waals surface area contributed by atoms with Crippen LogP contribution in [0.1, 0.15) is 24.9 Å². The van der Waals surface area contributed by atoms with Gasteiger partial charge in [0.1, 0.15) is 11.5 Å². The van der Waals surface area contributed by atoms with Gasteiger partial charge in [0.2, 0.25) is 0 Å². The molecule has 3 heteroatoms. The van der Waals surface area contributed by atoms with Crippen LogP contribution in [0.5, 0.6) is 11.5 Å². The van der Waals surface area contributed by atoms with Crippen LogP contribution in [0.15, 0.2) is 48.5 Å². The summed E-state index contributed by atoms with van der Waals surface area (Å²) >= 11 is 5.93. The molecule has 2 nitrogen and oxygen atoms in total. The number of hydrogen-bond donors (Lipinski definition) is 1. The molecule has 0 bridgehead atoms. The van der Waals surface area contributed by atoms with E-state index in [9.17, 15) is 0 Å². The third kappa shape index (κ3) is 3.72. The lowest BCUT2D eigenvalue weighted by Crippen LogP contribution is -2.14. The molecule has 0 fully saturated rings. The average Bonchev–Trinajstić information content (AvgIpc) is 2.42. The highest BCUT2D eigenvalue weighted by Crippen LogP contribution is 2.26. The Morgan fingerprint density at radius 1 is 1.11 bits per heavy atom. The maximum Gasteiger partial charge on any atom is 0.128 e. The first-order valence-electron chi connectivity index (χ1n) is 6.43. The summed E-state index contributed by atoms with van der Waals surface area (Å²) in [4.78, 5) is 0. The Kier molecular flexibility index (Phi) is 4.83. The van der Waals surface area contributed by atoms with Gasteiger partial charge in [0, 0.05) is 11.1 Å². The summed E-state index contributed by atoms with van der Waals surface area (Å²) in [6.07, 6.45) is 1.06. The second-order valence-electron chi connectivity index (χ2n) is 4.38. The summed E-state index contributed by atoms with van der Waals surface area (Å²) < 4.78 is 5.76. The second-order valence-corrected chi connectivity index (χ2v) is 4.81. The van der Waals surface area contributed by atoms with Gasteiger partial charge in [-0.25, -0.2) is 0 Å². The van der Waals surface area contributed by atoms with E-state index in [2.05, 4.69) is 24.4 Å². The van der Waals surface area contributed by atoms with E-state index in [4.69, 9.17) is 16.3 Å². The normalized spacial score (nSPS) is 12.2. The highest BCUT2D eigenvalue weighted by Gasteiger charge is 2.06. The molecule has 0 amide bonds. The van der Waals surface area contributed by atoms with E-state index in [-0.39, 0.29) is 0 Å². The largest absolute Gasteiger partial charge is 0.457 e. The predicted octanol–water partition coefficient (Wildman–Crippen LogP) is 4.80. The number of ether oxygens (including phenoxy) is 1. The number of nitrogens with one attached hydrogen (secondary N) is 1. The Balaban J connectivity index is 2.10. The van der Waals surface area contributed by atoms with Crippen LogP contribution in [0.2, 0.25) is 5.02 Å². The smallest absolute Gasteiger partial charge is 0.128 e. The first-order chi connectivity index (χ1) is 9.22. The van der Waals surface area contributed by atoms with Crippen molar-refractivity contribution >= 4 is 11.6 Å². The Morgan fingerprint density at radius 3 is 2.42 bits per heavy atom. The van der Waals surface area contributed by atoms with Gasteiger partial charge >= 0.3 is 0 Å². The summed E-state index contributed by atoms with van der Waals surface area (Å²) in [6, 6.07) is 15.9. The van der Waals surface area contributed by atoms with E-state index in [0.29, 0.717) is 11.1 Å². The Morgan fingerprint density at radius 2 is 1.84 bits per heavy atom. The van der Waals surface area contributed by atoms with Crippen molar-refractivity contribution in [2.24, 2.45) is 0 Å². The number of halogens is 1. The predicted molar refractivity (Wildman–Crippen MR) is 80.1 cm³/mol. The molecule has 0 saturated heterocycles. The molecule has 19 heavy (non-hydrogen) atoms. The van der Waals surface area contributed by atoms with Gasteiger partial charge in [-0.1, -0.05) is 36.7 Å². The van der Waals surface area contributed by atoms with Crippen molar-refractivity contribution in [2.75, 3.05) is 7.05 Å². The molecular formula is C16H18ClNO. The quantitative estimate of drug-likeness (QED) is 0.846. The monoisotopic (exact) mass is 275 g/mol. The van der Waals surface area contributed by atoms with Crippen molar-refractivity contribution in [3.63, 3.8) is 0 Å².